The summed E-state index contributed by atoms with van der Waals surface area (Å²) in [4.78, 5) is 0. The minimum Gasteiger partial charge on any atom is -0.199 e. The van der Waals surface area contributed by atoms with Crippen LogP contribution in [0.2, 0.25) is 0 Å². The number of unbranched alkanes of at least 4 members (excludes halogenated alkanes) is 1. The zero-order valence-corrected chi connectivity index (χ0v) is 13.2. The van der Waals surface area contributed by atoms with E-state index in [0.29, 0.717) is 0 Å². The lowest BCUT2D eigenvalue weighted by molar-refractivity contribution is 0.0241. The van der Waals surface area contributed by atoms with Gasteiger partial charge in [0.05, 0.1) is 0 Å². The summed E-state index contributed by atoms with van der Waals surface area (Å²) >= 11 is 25.7. The summed E-state index contributed by atoms with van der Waals surface area (Å²) in [6, 6.07) is 0. The lowest BCUT2D eigenvalue weighted by Crippen LogP contribution is -2.27. The molecule has 0 saturated carbocycles. The van der Waals surface area contributed by atoms with Crippen LogP contribution in [0.1, 0.15) is 26.7 Å². The summed E-state index contributed by atoms with van der Waals surface area (Å²) in [7, 11) is 0. The maximum atomic E-state index is 11.5. The molecule has 0 rings (SSSR count). The third kappa shape index (κ3) is 31.8. The van der Waals surface area contributed by atoms with Gasteiger partial charge in [0.2, 0.25) is 0 Å². The zero-order valence-electron chi connectivity index (χ0n) is 8.69. The minimum atomic E-state index is -4.23. The van der Waals surface area contributed by atoms with Gasteiger partial charge in [-0.2, -0.15) is 17.6 Å². The first-order chi connectivity index (χ1) is 7.16. The molecule has 0 aromatic carbocycles. The van der Waals surface area contributed by atoms with Gasteiger partial charge in [0.1, 0.15) is 0 Å². The molecule has 0 heterocycles. The molecule has 0 fully saturated rings. The van der Waals surface area contributed by atoms with Crippen molar-refractivity contribution >= 4 is 69.6 Å². The summed E-state index contributed by atoms with van der Waals surface area (Å²) in [6.45, 7) is 4.36. The van der Waals surface area contributed by atoms with Crippen molar-refractivity contribution in [1.82, 2.24) is 0 Å². The van der Waals surface area contributed by atoms with E-state index in [1.165, 1.54) is 12.8 Å². The topological polar surface area (TPSA) is 0 Å². The van der Waals surface area contributed by atoms with Crippen molar-refractivity contribution < 1.29 is 17.6 Å². The molecule has 0 N–H and O–H groups in total. The van der Waals surface area contributed by atoms with E-state index >= 15 is 0 Å². The molecule has 0 radical (unpaired) electrons. The summed E-state index contributed by atoms with van der Waals surface area (Å²) in [5, 5.41) is -4.23. The quantitative estimate of drug-likeness (QED) is 0.356. The number of hydrogen-bond donors (Lipinski definition) is 0. The predicted molar refractivity (Wildman–Crippen MR) is 68.3 cm³/mol. The van der Waals surface area contributed by atoms with Crippen LogP contribution < -0.4 is 0 Å². The number of alkyl halides is 10. The highest BCUT2D eigenvalue weighted by Gasteiger charge is 2.51. The summed E-state index contributed by atoms with van der Waals surface area (Å²) in [5.74, 6) is 0. The Morgan fingerprint density at radius 1 is 0.706 bits per heavy atom. The fourth-order valence-electron chi connectivity index (χ4n) is 0. The molecule has 0 aromatic rings. The van der Waals surface area contributed by atoms with Gasteiger partial charge in [0, 0.05) is 0 Å². The van der Waals surface area contributed by atoms with Gasteiger partial charge in [-0.15, -0.1) is 0 Å². The summed E-state index contributed by atoms with van der Waals surface area (Å²) in [6.07, 6.45) is 2.64. The average Bonchev–Trinajstić information content (AvgIpc) is 1.98. The fraction of sp³-hybridized carbons (Fsp3) is 1.00. The Bertz CT molecular complexity index is 151. The molecule has 0 spiro atoms. The van der Waals surface area contributed by atoms with Crippen LogP contribution in [-0.4, -0.2) is 14.0 Å². The highest BCUT2D eigenvalue weighted by atomic mass is 35.6. The van der Waals surface area contributed by atoms with Crippen molar-refractivity contribution in [2.75, 3.05) is 0 Å². The van der Waals surface area contributed by atoms with Gasteiger partial charge < -0.3 is 0 Å². The van der Waals surface area contributed by atoms with Gasteiger partial charge in [-0.3, -0.25) is 0 Å². The lowest BCUT2D eigenvalue weighted by atomic mass is 10.4. The van der Waals surface area contributed by atoms with Gasteiger partial charge in [0.15, 0.2) is 0 Å². The SMILES string of the molecule is CCCC.FC(Cl)(Cl)Cl.FC(F)(Cl)C(F)(Cl)Cl. The highest BCUT2D eigenvalue weighted by molar-refractivity contribution is 6.66. The first kappa shape index (κ1) is 23.5. The Balaban J connectivity index is -0.000000188. The van der Waals surface area contributed by atoms with Crippen molar-refractivity contribution in [3.05, 3.63) is 0 Å². The van der Waals surface area contributed by atoms with E-state index in [-0.39, 0.29) is 0 Å². The molecule has 0 aliphatic heterocycles. The Morgan fingerprint density at radius 3 is 0.824 bits per heavy atom. The molecule has 0 atom stereocenters. The monoisotopic (exact) mass is 380 g/mol. The zero-order chi connectivity index (χ0) is 14.9. The average molecular weight is 383 g/mol. The maximum absolute atomic E-state index is 11.5. The molecule has 0 aromatic heterocycles. The molecule has 10 heteroatoms. The van der Waals surface area contributed by atoms with Gasteiger partial charge >= 0.3 is 14.0 Å². The second-order valence-electron chi connectivity index (χ2n) is 2.42. The second kappa shape index (κ2) is 10.3. The Labute approximate surface area is 127 Å². The van der Waals surface area contributed by atoms with Crippen molar-refractivity contribution in [1.29, 1.82) is 0 Å². The molecule has 0 aliphatic carbocycles. The van der Waals surface area contributed by atoms with E-state index in [0.717, 1.165) is 0 Å². The molecule has 0 nitrogen and oxygen atoms in total. The molecule has 108 valence electrons. The van der Waals surface area contributed by atoms with E-state index in [9.17, 15) is 17.6 Å². The van der Waals surface area contributed by atoms with E-state index in [1.54, 1.807) is 0 Å². The van der Waals surface area contributed by atoms with Gasteiger partial charge in [-0.05, 0) is 46.4 Å². The van der Waals surface area contributed by atoms with Gasteiger partial charge in [-0.25, -0.2) is 0 Å². The molecule has 0 unspecified atom stereocenters. The number of halogens is 10. The van der Waals surface area contributed by atoms with Crippen LogP contribution in [0.5, 0.6) is 0 Å². The molecular formula is C7H10Cl6F4. The highest BCUT2D eigenvalue weighted by Crippen LogP contribution is 2.42. The van der Waals surface area contributed by atoms with Crippen molar-refractivity contribution in [2.24, 2.45) is 0 Å². The predicted octanol–water partition coefficient (Wildman–Crippen LogP) is 7.01. The van der Waals surface area contributed by atoms with Crippen molar-refractivity contribution in [2.45, 2.75) is 40.7 Å². The third-order valence-corrected chi connectivity index (χ3v) is 1.75. The van der Waals surface area contributed by atoms with Gasteiger partial charge in [-0.1, -0.05) is 49.9 Å². The molecule has 17 heavy (non-hydrogen) atoms. The summed E-state index contributed by atoms with van der Waals surface area (Å²) < 4.78 is 39.0. The maximum Gasteiger partial charge on any atom is 0.383 e. The lowest BCUT2D eigenvalue weighted by Gasteiger charge is -2.13. The van der Waals surface area contributed by atoms with E-state index in [1.807, 2.05) is 0 Å². The Kier molecular flexibility index (Phi) is 14.2. The first-order valence-electron chi connectivity index (χ1n) is 4.05. The van der Waals surface area contributed by atoms with E-state index < -0.39 is 14.0 Å². The largest absolute Gasteiger partial charge is 0.383 e. The molecular weight excluding hydrogens is 373 g/mol. The Morgan fingerprint density at radius 2 is 0.824 bits per heavy atom. The standard InChI is InChI=1S/C4H10.C2Cl3F3.CCl3F/c1-3-4-2;3-1(4,6)2(5,7)8;2-1(3,4)5/h3-4H2,1-2H3;;. The van der Waals surface area contributed by atoms with Crippen LogP contribution in [0.3, 0.4) is 0 Å². The van der Waals surface area contributed by atoms with Crippen LogP contribution in [0.15, 0.2) is 0 Å². The van der Waals surface area contributed by atoms with Crippen molar-refractivity contribution in [3.8, 4) is 0 Å². The van der Waals surface area contributed by atoms with Crippen LogP contribution in [0.4, 0.5) is 17.6 Å². The number of rotatable bonds is 2. The second-order valence-corrected chi connectivity index (χ2v) is 6.28. The molecule has 0 amide bonds. The fourth-order valence-corrected chi connectivity index (χ4v) is 0. The smallest absolute Gasteiger partial charge is 0.199 e. The molecule has 0 bridgehead atoms. The van der Waals surface area contributed by atoms with E-state index in [4.69, 9.17) is 0 Å². The normalized spacial score (nSPS) is 12.0. The Hall–Kier alpha value is 1.46. The van der Waals surface area contributed by atoms with E-state index in [2.05, 4.69) is 83.5 Å². The van der Waals surface area contributed by atoms with Crippen LogP contribution >= 0.6 is 69.6 Å². The molecule has 0 aliphatic rings. The number of hydrogen-bond acceptors (Lipinski definition) is 0. The molecule has 0 saturated heterocycles. The van der Waals surface area contributed by atoms with Crippen LogP contribution in [0, 0.1) is 0 Å². The van der Waals surface area contributed by atoms with Crippen molar-refractivity contribution in [3.63, 3.8) is 0 Å². The first-order valence-corrected chi connectivity index (χ1v) is 6.32. The summed E-state index contributed by atoms with van der Waals surface area (Å²) in [5.41, 5.74) is 0. The van der Waals surface area contributed by atoms with Crippen LogP contribution in [0.25, 0.3) is 0 Å². The van der Waals surface area contributed by atoms with Gasteiger partial charge in [0.25, 0.3) is 0 Å². The van der Waals surface area contributed by atoms with Crippen LogP contribution in [-0.2, 0) is 0 Å². The third-order valence-electron chi connectivity index (χ3n) is 0.821. The minimum absolute atomic E-state index is 1.32.